The number of piperidine rings is 1. The number of anilines is 1. The van der Waals surface area contributed by atoms with E-state index in [-0.39, 0.29) is 17.9 Å². The number of hydrogen-bond donors (Lipinski definition) is 2. The van der Waals surface area contributed by atoms with E-state index in [1.54, 1.807) is 6.07 Å². The van der Waals surface area contributed by atoms with Gasteiger partial charge in [0.05, 0.1) is 5.39 Å². The number of rotatable bonds is 5. The molecular formula is C28H28N4O3. The number of nitrogens with zero attached hydrogens (tertiary/aromatic N) is 2. The van der Waals surface area contributed by atoms with Crippen LogP contribution in [0, 0.1) is 12.8 Å². The number of likely N-dealkylation sites (tertiary alicyclic amines) is 1. The van der Waals surface area contributed by atoms with E-state index in [1.165, 1.54) is 0 Å². The Morgan fingerprint density at radius 1 is 1.06 bits per heavy atom. The molecule has 3 amide bonds. The summed E-state index contributed by atoms with van der Waals surface area (Å²) in [5, 5.41) is 10.8. The fourth-order valence-electron chi connectivity index (χ4n) is 4.52. The molecule has 35 heavy (non-hydrogen) atoms. The summed E-state index contributed by atoms with van der Waals surface area (Å²) in [6.45, 7) is 3.84. The monoisotopic (exact) mass is 468 g/mol. The summed E-state index contributed by atoms with van der Waals surface area (Å²) in [4.78, 5) is 27.5. The molecule has 1 unspecified atom stereocenters. The Morgan fingerprint density at radius 3 is 2.66 bits per heavy atom. The van der Waals surface area contributed by atoms with Crippen LogP contribution in [-0.4, -0.2) is 41.6 Å². The molecule has 0 spiro atoms. The minimum atomic E-state index is -0.233. The molecule has 1 aliphatic heterocycles. The zero-order valence-electron chi connectivity index (χ0n) is 19.7. The van der Waals surface area contributed by atoms with E-state index in [4.69, 9.17) is 4.52 Å². The Morgan fingerprint density at radius 2 is 1.86 bits per heavy atom. The number of carbonyl (C=O) groups is 2. The number of benzene rings is 3. The fourth-order valence-corrected chi connectivity index (χ4v) is 4.52. The van der Waals surface area contributed by atoms with Crippen LogP contribution in [0.2, 0.25) is 0 Å². The maximum atomic E-state index is 13.3. The summed E-state index contributed by atoms with van der Waals surface area (Å²) in [5.74, 6) is 0.854. The second-order valence-corrected chi connectivity index (χ2v) is 9.07. The van der Waals surface area contributed by atoms with Crippen LogP contribution in [-0.2, 0) is 0 Å². The van der Waals surface area contributed by atoms with Gasteiger partial charge in [-0.25, -0.2) is 4.79 Å². The highest BCUT2D eigenvalue weighted by Crippen LogP contribution is 2.30. The first kappa shape index (κ1) is 22.7. The Hall–Kier alpha value is -4.13. The van der Waals surface area contributed by atoms with Crippen molar-refractivity contribution in [2.75, 3.05) is 25.0 Å². The molecule has 0 radical (unpaired) electrons. The van der Waals surface area contributed by atoms with E-state index in [1.807, 2.05) is 78.6 Å². The van der Waals surface area contributed by atoms with E-state index in [9.17, 15) is 9.59 Å². The van der Waals surface area contributed by atoms with Crippen molar-refractivity contribution < 1.29 is 14.1 Å². The van der Waals surface area contributed by atoms with Gasteiger partial charge in [0.1, 0.15) is 5.52 Å². The van der Waals surface area contributed by atoms with E-state index >= 15 is 0 Å². The van der Waals surface area contributed by atoms with Crippen LogP contribution in [0.15, 0.2) is 77.3 Å². The van der Waals surface area contributed by atoms with Crippen molar-refractivity contribution in [2.45, 2.75) is 19.8 Å². The third-order valence-electron chi connectivity index (χ3n) is 6.43. The second-order valence-electron chi connectivity index (χ2n) is 9.07. The Kier molecular flexibility index (Phi) is 6.48. The third kappa shape index (κ3) is 5.19. The molecule has 0 aliphatic carbocycles. The number of aryl methyl sites for hydroxylation is 1. The predicted molar refractivity (Wildman–Crippen MR) is 136 cm³/mol. The van der Waals surface area contributed by atoms with Crippen molar-refractivity contribution in [3.05, 3.63) is 83.9 Å². The molecule has 7 nitrogen and oxygen atoms in total. The molecule has 2 heterocycles. The van der Waals surface area contributed by atoms with Crippen molar-refractivity contribution in [3.8, 4) is 11.3 Å². The average Bonchev–Trinajstić information content (AvgIpc) is 3.32. The van der Waals surface area contributed by atoms with Crippen molar-refractivity contribution in [1.82, 2.24) is 15.4 Å². The highest BCUT2D eigenvalue weighted by Gasteiger charge is 2.25. The molecule has 1 fully saturated rings. The van der Waals surface area contributed by atoms with Crippen molar-refractivity contribution in [2.24, 2.45) is 5.92 Å². The highest BCUT2D eigenvalue weighted by atomic mass is 16.5. The molecule has 2 N–H and O–H groups in total. The smallest absolute Gasteiger partial charge is 0.319 e. The number of hydrogen-bond acceptors (Lipinski definition) is 4. The van der Waals surface area contributed by atoms with Crippen LogP contribution < -0.4 is 10.6 Å². The van der Waals surface area contributed by atoms with Crippen molar-refractivity contribution in [1.29, 1.82) is 0 Å². The van der Waals surface area contributed by atoms with Gasteiger partial charge in [0.15, 0.2) is 5.76 Å². The van der Waals surface area contributed by atoms with Crippen molar-refractivity contribution in [3.63, 3.8) is 0 Å². The normalized spacial score (nSPS) is 15.7. The standard InChI is InChI=1S/C28H28N4O3/c1-19-9-12-23(13-10-19)30-28(34)29-17-20-6-5-15-32(18-20)27(33)22-11-14-25-24(16-22)26(35-31-25)21-7-3-2-4-8-21/h2-4,7-14,16,20H,5-6,15,17-18H2,1H3,(H2,29,30,34). The molecule has 3 aromatic carbocycles. The molecular weight excluding hydrogens is 440 g/mol. The summed E-state index contributed by atoms with van der Waals surface area (Å²) in [5.41, 5.74) is 4.16. The Balaban J connectivity index is 1.22. The van der Waals surface area contributed by atoms with Crippen LogP contribution in [0.25, 0.3) is 22.2 Å². The maximum absolute atomic E-state index is 13.3. The lowest BCUT2D eigenvalue weighted by Gasteiger charge is -2.33. The lowest BCUT2D eigenvalue weighted by molar-refractivity contribution is 0.0675. The van der Waals surface area contributed by atoms with E-state index in [2.05, 4.69) is 15.8 Å². The molecule has 4 aromatic rings. The maximum Gasteiger partial charge on any atom is 0.319 e. The minimum absolute atomic E-state index is 0.0130. The highest BCUT2D eigenvalue weighted by molar-refractivity contribution is 6.01. The molecule has 1 saturated heterocycles. The Labute approximate surface area is 204 Å². The van der Waals surface area contributed by atoms with Gasteiger partial charge < -0.3 is 20.1 Å². The van der Waals surface area contributed by atoms with Gasteiger partial charge in [-0.05, 0) is 56.0 Å². The quantitative estimate of drug-likeness (QED) is 0.406. The van der Waals surface area contributed by atoms with Crippen LogP contribution >= 0.6 is 0 Å². The summed E-state index contributed by atoms with van der Waals surface area (Å²) in [7, 11) is 0. The lowest BCUT2D eigenvalue weighted by atomic mass is 9.97. The number of aromatic nitrogens is 1. The van der Waals surface area contributed by atoms with E-state index in [0.717, 1.165) is 40.6 Å². The van der Waals surface area contributed by atoms with Gasteiger partial charge in [-0.15, -0.1) is 0 Å². The number of fused-ring (bicyclic) bond motifs is 1. The van der Waals surface area contributed by atoms with Gasteiger partial charge in [-0.3, -0.25) is 4.79 Å². The van der Waals surface area contributed by atoms with Crippen LogP contribution in [0.3, 0.4) is 0 Å². The minimum Gasteiger partial charge on any atom is -0.355 e. The van der Waals surface area contributed by atoms with E-state index in [0.29, 0.717) is 31.0 Å². The first-order valence-corrected chi connectivity index (χ1v) is 11.9. The SMILES string of the molecule is Cc1ccc(NC(=O)NCC2CCCN(C(=O)c3ccc4noc(-c5ccccc5)c4c3)C2)cc1. The molecule has 0 bridgehead atoms. The summed E-state index contributed by atoms with van der Waals surface area (Å²) in [6, 6.07) is 22.7. The molecule has 1 aromatic heterocycles. The van der Waals surface area contributed by atoms with Crippen molar-refractivity contribution >= 4 is 28.5 Å². The third-order valence-corrected chi connectivity index (χ3v) is 6.43. The zero-order chi connectivity index (χ0) is 24.2. The zero-order valence-corrected chi connectivity index (χ0v) is 19.7. The molecule has 178 valence electrons. The summed E-state index contributed by atoms with van der Waals surface area (Å²) >= 11 is 0. The van der Waals surface area contributed by atoms with Gasteiger partial charge >= 0.3 is 6.03 Å². The van der Waals surface area contributed by atoms with Crippen LogP contribution in [0.4, 0.5) is 10.5 Å². The number of urea groups is 1. The van der Waals surface area contributed by atoms with Gasteiger partial charge in [-0.1, -0.05) is 53.2 Å². The first-order chi connectivity index (χ1) is 17.1. The summed E-state index contributed by atoms with van der Waals surface area (Å²) in [6.07, 6.45) is 1.87. The van der Waals surface area contributed by atoms with Gasteiger partial charge in [0.25, 0.3) is 5.91 Å². The lowest BCUT2D eigenvalue weighted by Crippen LogP contribution is -2.44. The van der Waals surface area contributed by atoms with Crippen LogP contribution in [0.5, 0.6) is 0 Å². The number of carbonyl (C=O) groups excluding carboxylic acids is 2. The molecule has 5 rings (SSSR count). The fraction of sp³-hybridized carbons (Fsp3) is 0.250. The largest absolute Gasteiger partial charge is 0.355 e. The van der Waals surface area contributed by atoms with Gasteiger partial charge in [0, 0.05) is 36.4 Å². The molecule has 7 heteroatoms. The topological polar surface area (TPSA) is 87.5 Å². The molecule has 1 atom stereocenters. The van der Waals surface area contributed by atoms with Gasteiger partial charge in [0.2, 0.25) is 0 Å². The van der Waals surface area contributed by atoms with Gasteiger partial charge in [-0.2, -0.15) is 0 Å². The first-order valence-electron chi connectivity index (χ1n) is 11.9. The predicted octanol–water partition coefficient (Wildman–Crippen LogP) is 5.48. The second kappa shape index (κ2) is 10.0. The number of nitrogens with one attached hydrogen (secondary N) is 2. The molecule has 1 aliphatic rings. The number of amides is 3. The van der Waals surface area contributed by atoms with E-state index < -0.39 is 0 Å². The van der Waals surface area contributed by atoms with Crippen LogP contribution in [0.1, 0.15) is 28.8 Å². The summed E-state index contributed by atoms with van der Waals surface area (Å²) < 4.78 is 5.58. The molecule has 0 saturated carbocycles. The Bertz CT molecular complexity index is 1330. The average molecular weight is 469 g/mol.